The van der Waals surface area contributed by atoms with Crippen LogP contribution in [0.4, 0.5) is 11.4 Å². The fraction of sp³-hybridized carbons (Fsp3) is 0.0476. The van der Waals surface area contributed by atoms with Crippen molar-refractivity contribution in [3.05, 3.63) is 82.1 Å². The average molecular weight is 436 g/mol. The lowest BCUT2D eigenvalue weighted by Crippen LogP contribution is -2.32. The molecule has 3 aromatic rings. The summed E-state index contributed by atoms with van der Waals surface area (Å²) >= 11 is 0. The molecule has 0 aliphatic rings. The maximum atomic E-state index is 11.9. The lowest BCUT2D eigenvalue weighted by Gasteiger charge is -2.04. The quantitative estimate of drug-likeness (QED) is 0.198. The van der Waals surface area contributed by atoms with Crippen molar-refractivity contribution in [2.75, 3.05) is 12.4 Å². The van der Waals surface area contributed by atoms with Crippen molar-refractivity contribution in [3.63, 3.8) is 0 Å². The van der Waals surface area contributed by atoms with E-state index in [4.69, 9.17) is 4.42 Å². The topological polar surface area (TPSA) is 153 Å². The first-order valence-corrected chi connectivity index (χ1v) is 9.05. The van der Waals surface area contributed by atoms with Crippen LogP contribution in [0, 0.1) is 10.1 Å². The lowest BCUT2D eigenvalue weighted by molar-refractivity contribution is -0.384. The zero-order chi connectivity index (χ0) is 23.1. The molecule has 0 aliphatic heterocycles. The highest BCUT2D eigenvalue weighted by atomic mass is 16.6. The van der Waals surface area contributed by atoms with Crippen LogP contribution in [-0.2, 0) is 14.3 Å². The number of carbonyl (C=O) groups is 3. The van der Waals surface area contributed by atoms with Gasteiger partial charge in [-0.15, -0.1) is 0 Å². The van der Waals surface area contributed by atoms with Crippen LogP contribution in [0.2, 0.25) is 0 Å². The van der Waals surface area contributed by atoms with Crippen molar-refractivity contribution in [1.82, 2.24) is 5.43 Å². The standard InChI is InChI=1S/C21H16N4O7/c1-31-21(28)13-5-7-15(8-6-13)23-19(26)20(27)24-22-12-17-9-10-18(32-17)14-3-2-4-16(11-14)25(29)30/h2-12H,1H3,(H,23,26)(H,24,27)/b22-12-. The molecule has 11 heteroatoms. The minimum atomic E-state index is -1.02. The van der Waals surface area contributed by atoms with Gasteiger partial charge in [-0.25, -0.2) is 10.2 Å². The van der Waals surface area contributed by atoms with Crippen molar-refractivity contribution >= 4 is 35.4 Å². The average Bonchev–Trinajstić information content (AvgIpc) is 3.28. The first-order chi connectivity index (χ1) is 15.4. The molecule has 0 fully saturated rings. The molecule has 0 radical (unpaired) electrons. The minimum absolute atomic E-state index is 0.0765. The minimum Gasteiger partial charge on any atom is -0.465 e. The van der Waals surface area contributed by atoms with E-state index in [-0.39, 0.29) is 11.4 Å². The number of hydrogen-bond donors (Lipinski definition) is 2. The van der Waals surface area contributed by atoms with Crippen molar-refractivity contribution in [2.24, 2.45) is 5.10 Å². The monoisotopic (exact) mass is 436 g/mol. The number of benzene rings is 2. The highest BCUT2D eigenvalue weighted by Crippen LogP contribution is 2.25. The molecule has 0 bridgehead atoms. The molecule has 3 rings (SSSR count). The van der Waals surface area contributed by atoms with E-state index in [0.29, 0.717) is 22.6 Å². The number of hydrogen-bond acceptors (Lipinski definition) is 8. The summed E-state index contributed by atoms with van der Waals surface area (Å²) in [5, 5.41) is 16.9. The second-order valence-electron chi connectivity index (χ2n) is 6.23. The summed E-state index contributed by atoms with van der Waals surface area (Å²) in [6.07, 6.45) is 1.18. The van der Waals surface area contributed by atoms with Gasteiger partial charge in [-0.05, 0) is 36.4 Å². The number of anilines is 1. The number of nitrogens with one attached hydrogen (secondary N) is 2. The number of methoxy groups -OCH3 is 1. The molecule has 0 saturated heterocycles. The number of nitro groups is 1. The summed E-state index contributed by atoms with van der Waals surface area (Å²) in [6.45, 7) is 0. The van der Waals surface area contributed by atoms with Crippen LogP contribution in [0.5, 0.6) is 0 Å². The molecule has 0 aliphatic carbocycles. The van der Waals surface area contributed by atoms with Crippen LogP contribution in [-0.4, -0.2) is 36.0 Å². The zero-order valence-electron chi connectivity index (χ0n) is 16.6. The second-order valence-corrected chi connectivity index (χ2v) is 6.23. The van der Waals surface area contributed by atoms with Crippen LogP contribution >= 0.6 is 0 Å². The molecular weight excluding hydrogens is 420 g/mol. The maximum Gasteiger partial charge on any atom is 0.337 e. The van der Waals surface area contributed by atoms with Gasteiger partial charge >= 0.3 is 17.8 Å². The predicted molar refractivity (Wildman–Crippen MR) is 113 cm³/mol. The third-order valence-corrected chi connectivity index (χ3v) is 4.10. The Morgan fingerprint density at radius 3 is 2.50 bits per heavy atom. The Morgan fingerprint density at radius 2 is 1.81 bits per heavy atom. The zero-order valence-corrected chi connectivity index (χ0v) is 16.6. The van der Waals surface area contributed by atoms with Gasteiger partial charge in [0.25, 0.3) is 5.69 Å². The second kappa shape index (κ2) is 9.80. The maximum absolute atomic E-state index is 11.9. The molecule has 0 saturated carbocycles. The van der Waals surface area contributed by atoms with Gasteiger partial charge in [-0.1, -0.05) is 12.1 Å². The molecule has 2 amide bonds. The van der Waals surface area contributed by atoms with Crippen molar-refractivity contribution < 1.29 is 28.5 Å². The van der Waals surface area contributed by atoms with E-state index >= 15 is 0 Å². The Bertz CT molecular complexity index is 1200. The Balaban J connectivity index is 1.56. The number of nitrogens with zero attached hydrogens (tertiary/aromatic N) is 2. The van der Waals surface area contributed by atoms with E-state index in [1.165, 1.54) is 55.8 Å². The Morgan fingerprint density at radius 1 is 1.06 bits per heavy atom. The van der Waals surface area contributed by atoms with Gasteiger partial charge in [0.1, 0.15) is 11.5 Å². The fourth-order valence-corrected chi connectivity index (χ4v) is 2.55. The van der Waals surface area contributed by atoms with Crippen LogP contribution in [0.25, 0.3) is 11.3 Å². The smallest absolute Gasteiger partial charge is 0.337 e. The van der Waals surface area contributed by atoms with Gasteiger partial charge in [0.15, 0.2) is 0 Å². The number of amides is 2. The van der Waals surface area contributed by atoms with Crippen molar-refractivity contribution in [1.29, 1.82) is 0 Å². The van der Waals surface area contributed by atoms with Crippen LogP contribution < -0.4 is 10.7 Å². The summed E-state index contributed by atoms with van der Waals surface area (Å²) in [7, 11) is 1.25. The number of hydrazone groups is 1. The lowest BCUT2D eigenvalue weighted by atomic mass is 10.1. The number of rotatable bonds is 6. The van der Waals surface area contributed by atoms with Crippen molar-refractivity contribution in [2.45, 2.75) is 0 Å². The molecular formula is C21H16N4O7. The van der Waals surface area contributed by atoms with Gasteiger partial charge in [-0.2, -0.15) is 5.10 Å². The number of ether oxygens (including phenoxy) is 1. The van der Waals surface area contributed by atoms with Crippen LogP contribution in [0.1, 0.15) is 16.1 Å². The van der Waals surface area contributed by atoms with E-state index in [1.807, 2.05) is 0 Å². The highest BCUT2D eigenvalue weighted by Gasteiger charge is 2.14. The first-order valence-electron chi connectivity index (χ1n) is 9.05. The molecule has 2 aromatic carbocycles. The van der Waals surface area contributed by atoms with E-state index in [9.17, 15) is 24.5 Å². The van der Waals surface area contributed by atoms with E-state index in [1.54, 1.807) is 18.2 Å². The summed E-state index contributed by atoms with van der Waals surface area (Å²) in [5.41, 5.74) is 3.08. The molecule has 2 N–H and O–H groups in total. The molecule has 1 heterocycles. The molecule has 0 unspecified atom stereocenters. The number of nitro benzene ring substituents is 1. The Labute approximate surface area is 180 Å². The van der Waals surface area contributed by atoms with Gasteiger partial charge in [0.05, 0.1) is 23.8 Å². The summed E-state index contributed by atoms with van der Waals surface area (Å²) in [6, 6.07) is 14.8. The van der Waals surface area contributed by atoms with E-state index in [2.05, 4.69) is 20.6 Å². The number of carbonyl (C=O) groups excluding carboxylic acids is 3. The van der Waals surface area contributed by atoms with Gasteiger partial charge in [0, 0.05) is 23.4 Å². The number of non-ortho nitro benzene ring substituents is 1. The summed E-state index contributed by atoms with van der Waals surface area (Å²) in [4.78, 5) is 45.6. The van der Waals surface area contributed by atoms with E-state index < -0.39 is 22.7 Å². The number of esters is 1. The molecule has 0 spiro atoms. The highest BCUT2D eigenvalue weighted by molar-refractivity contribution is 6.39. The Kier molecular flexibility index (Phi) is 6.71. The molecule has 32 heavy (non-hydrogen) atoms. The third kappa shape index (κ3) is 5.42. The molecule has 0 atom stereocenters. The largest absolute Gasteiger partial charge is 0.465 e. The van der Waals surface area contributed by atoms with Crippen molar-refractivity contribution in [3.8, 4) is 11.3 Å². The summed E-state index contributed by atoms with van der Waals surface area (Å²) in [5.74, 6) is -1.89. The van der Waals surface area contributed by atoms with Gasteiger partial charge in [0.2, 0.25) is 0 Å². The Hall–Kier alpha value is -4.80. The van der Waals surface area contributed by atoms with Crippen LogP contribution in [0.3, 0.4) is 0 Å². The normalized spacial score (nSPS) is 10.5. The van der Waals surface area contributed by atoms with Gasteiger partial charge in [-0.3, -0.25) is 19.7 Å². The first kappa shape index (κ1) is 21.9. The van der Waals surface area contributed by atoms with Crippen LogP contribution in [0.15, 0.2) is 70.2 Å². The predicted octanol–water partition coefficient (Wildman–Crippen LogP) is 2.73. The molecule has 162 valence electrons. The number of furan rings is 1. The summed E-state index contributed by atoms with van der Waals surface area (Å²) < 4.78 is 10.1. The van der Waals surface area contributed by atoms with E-state index in [0.717, 1.165) is 0 Å². The van der Waals surface area contributed by atoms with Gasteiger partial charge < -0.3 is 14.5 Å². The fourth-order valence-electron chi connectivity index (χ4n) is 2.55. The molecule has 1 aromatic heterocycles. The SMILES string of the molecule is COC(=O)c1ccc(NC(=O)C(=O)N/N=C\c2ccc(-c3cccc([N+](=O)[O-])c3)o2)cc1. The molecule has 11 nitrogen and oxygen atoms in total. The third-order valence-electron chi connectivity index (χ3n) is 4.10.